The van der Waals surface area contributed by atoms with E-state index in [0.717, 1.165) is 49.4 Å². The molecule has 3 aromatic rings. The lowest BCUT2D eigenvalue weighted by atomic mass is 9.94. The number of aromatic nitrogens is 3. The smallest absolute Gasteiger partial charge is 0.276 e. The molecule has 0 N–H and O–H groups in total. The highest BCUT2D eigenvalue weighted by molar-refractivity contribution is 7.13. The Morgan fingerprint density at radius 3 is 3.00 bits per heavy atom. The van der Waals surface area contributed by atoms with Crippen LogP contribution in [0, 0.1) is 5.92 Å². The third kappa shape index (κ3) is 3.53. The van der Waals surface area contributed by atoms with Crippen LogP contribution in [0.1, 0.15) is 53.8 Å². The summed E-state index contributed by atoms with van der Waals surface area (Å²) in [5.74, 6) is 2.93. The lowest BCUT2D eigenvalue weighted by Gasteiger charge is -2.31. The first-order valence-corrected chi connectivity index (χ1v) is 10.3. The zero-order valence-corrected chi connectivity index (χ0v) is 15.7. The van der Waals surface area contributed by atoms with Crippen molar-refractivity contribution in [1.29, 1.82) is 0 Å². The fraction of sp³-hybridized carbons (Fsp3) is 0.474. The summed E-state index contributed by atoms with van der Waals surface area (Å²) in [6, 6.07) is 5.64. The Hall–Kier alpha value is -2.48. The molecule has 4 heterocycles. The van der Waals surface area contributed by atoms with E-state index in [0.29, 0.717) is 35.7 Å². The molecule has 1 amide bonds. The highest BCUT2D eigenvalue weighted by Crippen LogP contribution is 2.38. The highest BCUT2D eigenvalue weighted by Gasteiger charge is 2.31. The Bertz CT molecular complexity index is 929. The minimum atomic E-state index is -0.0737. The van der Waals surface area contributed by atoms with Gasteiger partial charge in [0.2, 0.25) is 5.89 Å². The van der Waals surface area contributed by atoms with E-state index >= 15 is 0 Å². The summed E-state index contributed by atoms with van der Waals surface area (Å²) >= 11 is 1.56. The van der Waals surface area contributed by atoms with Gasteiger partial charge in [-0.25, -0.2) is 0 Å². The first-order valence-electron chi connectivity index (χ1n) is 9.38. The molecule has 7 nitrogen and oxygen atoms in total. The predicted molar refractivity (Wildman–Crippen MR) is 98.4 cm³/mol. The lowest BCUT2D eigenvalue weighted by Crippen LogP contribution is -2.40. The summed E-state index contributed by atoms with van der Waals surface area (Å²) < 4.78 is 10.8. The molecular weight excluding hydrogens is 364 g/mol. The van der Waals surface area contributed by atoms with Crippen LogP contribution < -0.4 is 0 Å². The fourth-order valence-corrected chi connectivity index (χ4v) is 4.27. The van der Waals surface area contributed by atoms with E-state index in [1.165, 1.54) is 0 Å². The minimum Gasteiger partial charge on any atom is -0.355 e. The molecule has 0 unspecified atom stereocenters. The van der Waals surface area contributed by atoms with Gasteiger partial charge in [-0.05, 0) is 43.0 Å². The van der Waals surface area contributed by atoms with Crippen LogP contribution in [0.5, 0.6) is 0 Å². The zero-order valence-electron chi connectivity index (χ0n) is 14.8. The van der Waals surface area contributed by atoms with Crippen molar-refractivity contribution >= 4 is 17.2 Å². The Labute approximate surface area is 160 Å². The van der Waals surface area contributed by atoms with Gasteiger partial charge >= 0.3 is 0 Å². The number of carbonyl (C=O) groups is 1. The van der Waals surface area contributed by atoms with Crippen LogP contribution in [0.15, 0.2) is 32.6 Å². The molecule has 2 fully saturated rings. The van der Waals surface area contributed by atoms with Gasteiger partial charge in [-0.1, -0.05) is 16.4 Å². The summed E-state index contributed by atoms with van der Waals surface area (Å²) in [4.78, 5) is 20.2. The molecule has 1 aliphatic heterocycles. The topological polar surface area (TPSA) is 85.3 Å². The average Bonchev–Trinajstić information content (AvgIpc) is 3.11. The Morgan fingerprint density at radius 1 is 1.26 bits per heavy atom. The molecule has 1 atom stereocenters. The molecule has 0 bridgehead atoms. The van der Waals surface area contributed by atoms with Gasteiger partial charge in [0.25, 0.3) is 5.91 Å². The molecule has 27 heavy (non-hydrogen) atoms. The Morgan fingerprint density at radius 2 is 2.19 bits per heavy atom. The second-order valence-corrected chi connectivity index (χ2v) is 8.29. The van der Waals surface area contributed by atoms with E-state index in [1.807, 2.05) is 22.4 Å². The summed E-state index contributed by atoms with van der Waals surface area (Å²) in [6.07, 6.45) is 5.08. The van der Waals surface area contributed by atoms with E-state index < -0.39 is 0 Å². The SMILES string of the molecule is O=C(c1cc(-c2cccs2)on1)N1CCC[C@H](Cc2nc(C3CC3)no2)C1. The summed E-state index contributed by atoms with van der Waals surface area (Å²) in [7, 11) is 0. The Kier molecular flexibility index (Phi) is 4.27. The van der Waals surface area contributed by atoms with Crippen molar-refractivity contribution in [2.45, 2.75) is 38.0 Å². The van der Waals surface area contributed by atoms with Crippen LogP contribution in [0.2, 0.25) is 0 Å². The van der Waals surface area contributed by atoms with Crippen LogP contribution in [0.25, 0.3) is 10.6 Å². The number of likely N-dealkylation sites (tertiary alicyclic amines) is 1. The van der Waals surface area contributed by atoms with Gasteiger partial charge in [0, 0.05) is 31.5 Å². The maximum absolute atomic E-state index is 12.8. The second kappa shape index (κ2) is 6.92. The third-order valence-corrected chi connectivity index (χ3v) is 6.07. The number of rotatable bonds is 5. The number of amides is 1. The van der Waals surface area contributed by atoms with Crippen molar-refractivity contribution in [2.75, 3.05) is 13.1 Å². The molecule has 2 aliphatic rings. The number of hydrogen-bond acceptors (Lipinski definition) is 7. The standard InChI is InChI=1S/C19H20N4O3S/c24-19(14-10-15(25-21-14)16-4-2-8-27-16)23-7-1-3-12(11-23)9-17-20-18(22-26-17)13-5-6-13/h2,4,8,10,12-13H,1,3,5-7,9,11H2/t12-/m1/s1. The molecule has 5 rings (SSSR count). The predicted octanol–water partition coefficient (Wildman–Crippen LogP) is 3.76. The van der Waals surface area contributed by atoms with E-state index in [-0.39, 0.29) is 5.91 Å². The molecular formula is C19H20N4O3S. The third-order valence-electron chi connectivity index (χ3n) is 5.19. The molecule has 1 saturated heterocycles. The van der Waals surface area contributed by atoms with Crippen LogP contribution in [0.4, 0.5) is 0 Å². The van der Waals surface area contributed by atoms with Gasteiger partial charge in [0.1, 0.15) is 0 Å². The monoisotopic (exact) mass is 384 g/mol. The van der Waals surface area contributed by atoms with Crippen LogP contribution in [0.3, 0.4) is 0 Å². The summed E-state index contributed by atoms with van der Waals surface area (Å²) in [6.45, 7) is 1.43. The maximum Gasteiger partial charge on any atom is 0.276 e. The zero-order chi connectivity index (χ0) is 18.2. The van der Waals surface area contributed by atoms with E-state index in [2.05, 4.69) is 15.3 Å². The van der Waals surface area contributed by atoms with Crippen molar-refractivity contribution in [3.8, 4) is 10.6 Å². The van der Waals surface area contributed by atoms with Crippen molar-refractivity contribution in [2.24, 2.45) is 5.92 Å². The largest absolute Gasteiger partial charge is 0.355 e. The minimum absolute atomic E-state index is 0.0737. The normalized spacial score (nSPS) is 20.1. The number of thiophene rings is 1. The quantitative estimate of drug-likeness (QED) is 0.666. The van der Waals surface area contributed by atoms with Crippen molar-refractivity contribution in [3.05, 3.63) is 41.0 Å². The van der Waals surface area contributed by atoms with Crippen LogP contribution >= 0.6 is 11.3 Å². The summed E-state index contributed by atoms with van der Waals surface area (Å²) in [5, 5.41) is 10.0. The molecule has 1 aliphatic carbocycles. The van der Waals surface area contributed by atoms with Gasteiger partial charge in [0.05, 0.1) is 4.88 Å². The maximum atomic E-state index is 12.8. The fourth-order valence-electron chi connectivity index (χ4n) is 3.59. The van der Waals surface area contributed by atoms with Crippen LogP contribution in [-0.2, 0) is 6.42 Å². The van der Waals surface area contributed by atoms with Crippen LogP contribution in [-0.4, -0.2) is 39.2 Å². The number of piperidine rings is 1. The first-order chi connectivity index (χ1) is 13.3. The number of nitrogens with zero attached hydrogens (tertiary/aromatic N) is 4. The van der Waals surface area contributed by atoms with Gasteiger partial charge in [0.15, 0.2) is 17.3 Å². The number of carbonyl (C=O) groups excluding carboxylic acids is 1. The van der Waals surface area contributed by atoms with Gasteiger partial charge in [-0.15, -0.1) is 11.3 Å². The van der Waals surface area contributed by atoms with Crippen molar-refractivity contribution in [1.82, 2.24) is 20.2 Å². The lowest BCUT2D eigenvalue weighted by molar-refractivity contribution is 0.0658. The molecule has 0 radical (unpaired) electrons. The van der Waals surface area contributed by atoms with Gasteiger partial charge < -0.3 is 13.9 Å². The van der Waals surface area contributed by atoms with Crippen molar-refractivity contribution in [3.63, 3.8) is 0 Å². The number of hydrogen-bond donors (Lipinski definition) is 0. The molecule has 0 spiro atoms. The molecule has 3 aromatic heterocycles. The molecule has 140 valence electrons. The van der Waals surface area contributed by atoms with E-state index in [4.69, 9.17) is 9.05 Å². The van der Waals surface area contributed by atoms with E-state index in [1.54, 1.807) is 17.4 Å². The molecule has 8 heteroatoms. The van der Waals surface area contributed by atoms with E-state index in [9.17, 15) is 4.79 Å². The Balaban J connectivity index is 1.24. The van der Waals surface area contributed by atoms with Crippen molar-refractivity contribution < 1.29 is 13.8 Å². The second-order valence-electron chi connectivity index (χ2n) is 7.34. The molecule has 0 aromatic carbocycles. The van der Waals surface area contributed by atoms with Gasteiger partial charge in [-0.2, -0.15) is 4.98 Å². The summed E-state index contributed by atoms with van der Waals surface area (Å²) in [5.41, 5.74) is 0.368. The molecule has 1 saturated carbocycles. The van der Waals surface area contributed by atoms with Gasteiger partial charge in [-0.3, -0.25) is 4.79 Å². The highest BCUT2D eigenvalue weighted by atomic mass is 32.1. The average molecular weight is 384 g/mol. The first kappa shape index (κ1) is 16.7.